The average molecular weight is 329 g/mol. The Bertz CT molecular complexity index is 509. The predicted octanol–water partition coefficient (Wildman–Crippen LogP) is 4.16. The third-order valence-corrected chi connectivity index (χ3v) is 4.12. The van der Waals surface area contributed by atoms with Crippen molar-refractivity contribution in [3.8, 4) is 0 Å². The summed E-state index contributed by atoms with van der Waals surface area (Å²) in [7, 11) is 0. The van der Waals surface area contributed by atoms with E-state index in [4.69, 9.17) is 23.2 Å². The summed E-state index contributed by atoms with van der Waals surface area (Å²) in [6.45, 7) is 8.29. The Morgan fingerprint density at radius 1 is 1.19 bits per heavy atom. The number of ketones is 1. The van der Waals surface area contributed by atoms with Gasteiger partial charge in [-0.2, -0.15) is 0 Å². The van der Waals surface area contributed by atoms with E-state index in [1.807, 2.05) is 20.8 Å². The molecular formula is C16H22Cl2N2O. The number of nitrogens with one attached hydrogen (secondary N) is 1. The summed E-state index contributed by atoms with van der Waals surface area (Å²) in [6, 6.07) is 3.46. The van der Waals surface area contributed by atoms with E-state index < -0.39 is 0 Å². The quantitative estimate of drug-likeness (QED) is 0.842. The van der Waals surface area contributed by atoms with Crippen molar-refractivity contribution in [2.75, 3.05) is 24.5 Å². The van der Waals surface area contributed by atoms with Crippen LogP contribution in [0.25, 0.3) is 0 Å². The molecule has 3 nitrogen and oxygen atoms in total. The molecular weight excluding hydrogens is 307 g/mol. The molecule has 1 saturated heterocycles. The van der Waals surface area contributed by atoms with Crippen LogP contribution in [0.15, 0.2) is 12.1 Å². The van der Waals surface area contributed by atoms with Crippen molar-refractivity contribution in [1.29, 1.82) is 0 Å². The number of rotatable bonds is 4. The molecule has 0 saturated carbocycles. The highest BCUT2D eigenvalue weighted by Gasteiger charge is 2.21. The maximum absolute atomic E-state index is 12.2. The van der Waals surface area contributed by atoms with Gasteiger partial charge in [-0.1, -0.05) is 23.2 Å². The van der Waals surface area contributed by atoms with Crippen molar-refractivity contribution in [2.24, 2.45) is 0 Å². The Kier molecular flexibility index (Phi) is 5.18. The smallest absolute Gasteiger partial charge is 0.176 e. The number of hydrogen-bond donors (Lipinski definition) is 1. The zero-order valence-electron chi connectivity index (χ0n) is 12.8. The lowest BCUT2D eigenvalue weighted by molar-refractivity contribution is 0.0982. The summed E-state index contributed by atoms with van der Waals surface area (Å²) < 4.78 is 0. The molecule has 0 atom stereocenters. The zero-order valence-corrected chi connectivity index (χ0v) is 14.3. The summed E-state index contributed by atoms with van der Waals surface area (Å²) in [4.78, 5) is 14.4. The van der Waals surface area contributed by atoms with E-state index in [9.17, 15) is 4.79 Å². The van der Waals surface area contributed by atoms with Crippen molar-refractivity contribution in [3.05, 3.63) is 27.7 Å². The van der Waals surface area contributed by atoms with E-state index in [0.29, 0.717) is 15.6 Å². The standard InChI is InChI=1S/C16H22Cl2N2O/c1-16(2,3)19-10-14(21)11-8-12(17)15(13(18)9-11)20-6-4-5-7-20/h8-9,19H,4-7,10H2,1-3H3. The predicted molar refractivity (Wildman–Crippen MR) is 90.0 cm³/mol. The summed E-state index contributed by atoms with van der Waals surface area (Å²) in [5.74, 6) is 0.00157. The van der Waals surface area contributed by atoms with E-state index in [0.717, 1.165) is 31.6 Å². The average Bonchev–Trinajstić information content (AvgIpc) is 2.87. The lowest BCUT2D eigenvalue weighted by atomic mass is 10.1. The molecule has 1 aromatic carbocycles. The number of halogens is 2. The monoisotopic (exact) mass is 328 g/mol. The first-order valence-corrected chi connectivity index (χ1v) is 8.06. The topological polar surface area (TPSA) is 32.3 Å². The molecule has 1 N–H and O–H groups in total. The van der Waals surface area contributed by atoms with Gasteiger partial charge in [-0.3, -0.25) is 4.79 Å². The molecule has 0 radical (unpaired) electrons. The van der Waals surface area contributed by atoms with E-state index in [1.165, 1.54) is 0 Å². The fourth-order valence-corrected chi connectivity index (χ4v) is 3.14. The summed E-state index contributed by atoms with van der Waals surface area (Å²) in [5, 5.41) is 4.30. The SMILES string of the molecule is CC(C)(C)NCC(=O)c1cc(Cl)c(N2CCCC2)c(Cl)c1. The zero-order chi connectivity index (χ0) is 15.6. The van der Waals surface area contributed by atoms with Gasteiger partial charge in [0.05, 0.1) is 22.3 Å². The fraction of sp³-hybridized carbons (Fsp3) is 0.562. The third kappa shape index (κ3) is 4.35. The molecule has 1 aliphatic heterocycles. The van der Waals surface area contributed by atoms with Crippen LogP contribution in [0.2, 0.25) is 10.0 Å². The second kappa shape index (κ2) is 6.55. The minimum Gasteiger partial charge on any atom is -0.369 e. The largest absolute Gasteiger partial charge is 0.369 e. The van der Waals surface area contributed by atoms with Crippen LogP contribution < -0.4 is 10.2 Å². The Balaban J connectivity index is 2.17. The van der Waals surface area contributed by atoms with Crippen LogP contribution in [-0.4, -0.2) is 31.0 Å². The van der Waals surface area contributed by atoms with Crippen LogP contribution >= 0.6 is 23.2 Å². The lowest BCUT2D eigenvalue weighted by Gasteiger charge is -2.22. The number of Topliss-reactive ketones (excluding diaryl/α,β-unsaturated/α-hetero) is 1. The maximum atomic E-state index is 12.2. The molecule has 2 rings (SSSR count). The van der Waals surface area contributed by atoms with Crippen molar-refractivity contribution >= 4 is 34.7 Å². The first-order valence-electron chi connectivity index (χ1n) is 7.30. The Labute approximate surface area is 136 Å². The highest BCUT2D eigenvalue weighted by Crippen LogP contribution is 2.36. The molecule has 1 heterocycles. The van der Waals surface area contributed by atoms with Gasteiger partial charge in [0, 0.05) is 24.2 Å². The number of benzene rings is 1. The van der Waals surface area contributed by atoms with E-state index in [1.54, 1.807) is 12.1 Å². The number of carbonyl (C=O) groups excluding carboxylic acids is 1. The summed E-state index contributed by atoms with van der Waals surface area (Å²) in [5.41, 5.74) is 1.32. The molecule has 1 aromatic rings. The fourth-order valence-electron chi connectivity index (χ4n) is 2.42. The van der Waals surface area contributed by atoms with E-state index in [2.05, 4.69) is 10.2 Å². The number of hydrogen-bond acceptors (Lipinski definition) is 3. The second-order valence-corrected chi connectivity index (χ2v) is 7.32. The van der Waals surface area contributed by atoms with Gasteiger partial charge < -0.3 is 10.2 Å². The van der Waals surface area contributed by atoms with Gasteiger partial charge in [0.15, 0.2) is 5.78 Å². The molecule has 1 aliphatic rings. The second-order valence-electron chi connectivity index (χ2n) is 6.51. The Hall–Kier alpha value is -0.770. The molecule has 116 valence electrons. The van der Waals surface area contributed by atoms with E-state index >= 15 is 0 Å². The van der Waals surface area contributed by atoms with Crippen LogP contribution in [0.3, 0.4) is 0 Å². The third-order valence-electron chi connectivity index (χ3n) is 3.54. The van der Waals surface area contributed by atoms with Crippen molar-refractivity contribution in [1.82, 2.24) is 5.32 Å². The van der Waals surface area contributed by atoms with Gasteiger partial charge in [-0.05, 0) is 45.7 Å². The summed E-state index contributed by atoms with van der Waals surface area (Å²) >= 11 is 12.7. The first kappa shape index (κ1) is 16.6. The molecule has 0 bridgehead atoms. The molecule has 21 heavy (non-hydrogen) atoms. The van der Waals surface area contributed by atoms with Gasteiger partial charge in [0.25, 0.3) is 0 Å². The van der Waals surface area contributed by atoms with Crippen molar-refractivity contribution < 1.29 is 4.79 Å². The van der Waals surface area contributed by atoms with Crippen LogP contribution in [-0.2, 0) is 0 Å². The molecule has 0 aliphatic carbocycles. The van der Waals surface area contributed by atoms with Crippen LogP contribution in [0, 0.1) is 0 Å². The van der Waals surface area contributed by atoms with Crippen molar-refractivity contribution in [3.63, 3.8) is 0 Å². The highest BCUT2D eigenvalue weighted by molar-refractivity contribution is 6.39. The molecule has 0 unspecified atom stereocenters. The molecule has 0 amide bonds. The van der Waals surface area contributed by atoms with Crippen LogP contribution in [0.4, 0.5) is 5.69 Å². The van der Waals surface area contributed by atoms with Gasteiger partial charge >= 0.3 is 0 Å². The molecule has 0 spiro atoms. The lowest BCUT2D eigenvalue weighted by Crippen LogP contribution is -2.39. The molecule has 0 aromatic heterocycles. The number of carbonyl (C=O) groups is 1. The minimum atomic E-state index is -0.0985. The van der Waals surface area contributed by atoms with Crippen LogP contribution in [0.1, 0.15) is 44.0 Å². The van der Waals surface area contributed by atoms with Crippen molar-refractivity contribution in [2.45, 2.75) is 39.2 Å². The van der Waals surface area contributed by atoms with Gasteiger partial charge in [0.1, 0.15) is 0 Å². The van der Waals surface area contributed by atoms with E-state index in [-0.39, 0.29) is 17.9 Å². The summed E-state index contributed by atoms with van der Waals surface area (Å²) in [6.07, 6.45) is 2.31. The first-order chi connectivity index (χ1) is 9.78. The number of nitrogens with zero attached hydrogens (tertiary/aromatic N) is 1. The maximum Gasteiger partial charge on any atom is 0.176 e. The molecule has 1 fully saturated rings. The van der Waals surface area contributed by atoms with Gasteiger partial charge in [0.2, 0.25) is 0 Å². The van der Waals surface area contributed by atoms with Gasteiger partial charge in [-0.15, -0.1) is 0 Å². The highest BCUT2D eigenvalue weighted by atomic mass is 35.5. The number of anilines is 1. The van der Waals surface area contributed by atoms with Gasteiger partial charge in [-0.25, -0.2) is 0 Å². The van der Waals surface area contributed by atoms with Crippen LogP contribution in [0.5, 0.6) is 0 Å². The Morgan fingerprint density at radius 2 is 1.71 bits per heavy atom. The molecule has 5 heteroatoms. The Morgan fingerprint density at radius 3 is 2.19 bits per heavy atom. The normalized spacial score (nSPS) is 15.6. The minimum absolute atomic E-state index is 0.00157.